The second kappa shape index (κ2) is 10.4. The van der Waals surface area contributed by atoms with Gasteiger partial charge in [0.2, 0.25) is 5.91 Å². The molecular formula is C22H30ClIN2O2S. The number of hydrogen-bond acceptors (Lipinski definition) is 3. The summed E-state index contributed by atoms with van der Waals surface area (Å²) in [6.45, 7) is 0. The molecule has 4 nitrogen and oxygen atoms in total. The van der Waals surface area contributed by atoms with Crippen molar-refractivity contribution in [1.29, 1.82) is 0 Å². The van der Waals surface area contributed by atoms with E-state index in [0.717, 1.165) is 39.7 Å². The van der Waals surface area contributed by atoms with Crippen LogP contribution >= 0.6 is 22.9 Å². The number of carbonyl (C=O) groups is 2. The van der Waals surface area contributed by atoms with Gasteiger partial charge in [-0.25, -0.2) is 0 Å². The highest BCUT2D eigenvalue weighted by Gasteiger charge is 2.33. The van der Waals surface area contributed by atoms with Crippen LogP contribution < -0.4 is 29.7 Å². The summed E-state index contributed by atoms with van der Waals surface area (Å²) < 4.78 is 0.897. The SMILES string of the molecule is C.C[N+](C)(C)C1CCc2c(sc(CC(=O)Cc3ccc(Cl)cc3)c2C(N)=O)C1.[I-]. The monoisotopic (exact) mass is 548 g/mol. The number of benzene rings is 1. The molecule has 0 saturated heterocycles. The van der Waals surface area contributed by atoms with Crippen LogP contribution in [0.5, 0.6) is 0 Å². The van der Waals surface area contributed by atoms with E-state index >= 15 is 0 Å². The van der Waals surface area contributed by atoms with Crippen LogP contribution in [0.1, 0.15) is 45.1 Å². The zero-order valence-electron chi connectivity index (χ0n) is 16.4. The number of Topliss-reactive ketones (excluding diaryl/α,β-unsaturated/α-hetero) is 1. The van der Waals surface area contributed by atoms with E-state index in [1.54, 1.807) is 23.5 Å². The van der Waals surface area contributed by atoms with E-state index < -0.39 is 5.91 Å². The average molecular weight is 549 g/mol. The highest BCUT2D eigenvalue weighted by atomic mass is 127. The largest absolute Gasteiger partial charge is 1.00 e. The Labute approximate surface area is 200 Å². The lowest BCUT2D eigenvalue weighted by molar-refractivity contribution is -0.896. The van der Waals surface area contributed by atoms with Gasteiger partial charge in [0.15, 0.2) is 0 Å². The number of carbonyl (C=O) groups excluding carboxylic acids is 2. The number of nitrogens with two attached hydrogens (primary N) is 1. The van der Waals surface area contributed by atoms with Gasteiger partial charge in [-0.2, -0.15) is 0 Å². The lowest BCUT2D eigenvalue weighted by atomic mass is 9.89. The summed E-state index contributed by atoms with van der Waals surface area (Å²) in [6.07, 6.45) is 3.42. The molecule has 0 bridgehead atoms. The Hall–Kier alpha value is -0.960. The van der Waals surface area contributed by atoms with Gasteiger partial charge in [0.05, 0.1) is 32.7 Å². The fraction of sp³-hybridized carbons (Fsp3) is 0.455. The molecule has 0 saturated carbocycles. The van der Waals surface area contributed by atoms with Gasteiger partial charge >= 0.3 is 0 Å². The molecule has 0 radical (unpaired) electrons. The third-order valence-electron chi connectivity index (χ3n) is 5.33. The van der Waals surface area contributed by atoms with Crippen molar-refractivity contribution in [2.45, 2.75) is 45.6 Å². The first-order valence-electron chi connectivity index (χ1n) is 9.15. The molecule has 1 aromatic heterocycles. The van der Waals surface area contributed by atoms with Gasteiger partial charge < -0.3 is 34.2 Å². The molecule has 3 rings (SSSR count). The van der Waals surface area contributed by atoms with Gasteiger partial charge in [-0.3, -0.25) is 9.59 Å². The summed E-state index contributed by atoms with van der Waals surface area (Å²) in [5, 5.41) is 0.653. The lowest BCUT2D eigenvalue weighted by Crippen LogP contribution is -3.00. The van der Waals surface area contributed by atoms with Crippen molar-refractivity contribution in [3.05, 3.63) is 55.7 Å². The van der Waals surface area contributed by atoms with Crippen molar-refractivity contribution in [3.63, 3.8) is 0 Å². The van der Waals surface area contributed by atoms with E-state index in [4.69, 9.17) is 17.3 Å². The Morgan fingerprint density at radius 3 is 2.34 bits per heavy atom. The first-order valence-corrected chi connectivity index (χ1v) is 10.3. The molecule has 160 valence electrons. The van der Waals surface area contributed by atoms with Gasteiger partial charge in [0, 0.05) is 40.5 Å². The van der Waals surface area contributed by atoms with Crippen LogP contribution in [0, 0.1) is 0 Å². The van der Waals surface area contributed by atoms with Crippen molar-refractivity contribution in [2.24, 2.45) is 5.73 Å². The van der Waals surface area contributed by atoms with Crippen LogP contribution in [0.2, 0.25) is 5.02 Å². The van der Waals surface area contributed by atoms with E-state index in [0.29, 0.717) is 23.0 Å². The number of quaternary nitrogens is 1. The number of primary amides is 1. The molecule has 1 amide bonds. The zero-order valence-corrected chi connectivity index (χ0v) is 20.2. The Kier molecular flexibility index (Phi) is 9.33. The maximum absolute atomic E-state index is 12.6. The van der Waals surface area contributed by atoms with Crippen LogP contribution in [0.25, 0.3) is 0 Å². The van der Waals surface area contributed by atoms with E-state index in [-0.39, 0.29) is 43.6 Å². The maximum Gasteiger partial charge on any atom is 0.250 e. The number of ketones is 1. The molecular weight excluding hydrogens is 519 g/mol. The summed E-state index contributed by atoms with van der Waals surface area (Å²) in [4.78, 5) is 26.8. The average Bonchev–Trinajstić information content (AvgIpc) is 2.93. The summed E-state index contributed by atoms with van der Waals surface area (Å²) in [7, 11) is 6.61. The van der Waals surface area contributed by atoms with Gasteiger partial charge in [0.25, 0.3) is 0 Å². The fourth-order valence-electron chi connectivity index (χ4n) is 3.77. The number of hydrogen-bond donors (Lipinski definition) is 1. The van der Waals surface area contributed by atoms with Crippen molar-refractivity contribution in [3.8, 4) is 0 Å². The molecule has 2 aromatic rings. The molecule has 0 spiro atoms. The van der Waals surface area contributed by atoms with Crippen molar-refractivity contribution < 1.29 is 38.0 Å². The molecule has 7 heteroatoms. The fourth-order valence-corrected chi connectivity index (χ4v) is 5.35. The van der Waals surface area contributed by atoms with Gasteiger partial charge in [-0.05, 0) is 29.7 Å². The third kappa shape index (κ3) is 6.26. The molecule has 1 atom stereocenters. The normalized spacial score (nSPS) is 15.7. The summed E-state index contributed by atoms with van der Waals surface area (Å²) in [5.41, 5.74) is 8.29. The first-order chi connectivity index (χ1) is 12.6. The van der Waals surface area contributed by atoms with Crippen LogP contribution in [0.3, 0.4) is 0 Å². The quantitative estimate of drug-likeness (QED) is 0.434. The Bertz CT molecular complexity index is 872. The number of amides is 1. The molecule has 1 aliphatic rings. The second-order valence-corrected chi connectivity index (χ2v) is 9.82. The van der Waals surface area contributed by atoms with E-state index in [1.165, 1.54) is 4.88 Å². The number of fused-ring (bicyclic) bond motifs is 1. The summed E-state index contributed by atoms with van der Waals surface area (Å²) in [5.74, 6) is -0.327. The minimum atomic E-state index is -0.412. The minimum Gasteiger partial charge on any atom is -1.00 e. The summed E-state index contributed by atoms with van der Waals surface area (Å²) >= 11 is 7.50. The topological polar surface area (TPSA) is 60.2 Å². The van der Waals surface area contributed by atoms with Crippen molar-refractivity contribution in [2.75, 3.05) is 21.1 Å². The Balaban J connectivity index is 0.00000210. The highest BCUT2D eigenvalue weighted by molar-refractivity contribution is 7.12. The van der Waals surface area contributed by atoms with Crippen LogP contribution in [0.4, 0.5) is 0 Å². The van der Waals surface area contributed by atoms with Gasteiger partial charge in [-0.15, -0.1) is 11.3 Å². The molecule has 1 aliphatic carbocycles. The standard InChI is InChI=1S/C21H25ClN2O2S.CH4.HI/c1-24(2,3)15-8-9-17-18(11-15)27-19(20(17)21(23)26)12-16(25)10-13-4-6-14(22)7-5-13;;/h4-7,15H,8-12H2,1-3H3,(H-,23,26);1H4;1H. The summed E-state index contributed by atoms with van der Waals surface area (Å²) in [6, 6.07) is 7.82. The lowest BCUT2D eigenvalue weighted by Gasteiger charge is -2.36. The predicted octanol–water partition coefficient (Wildman–Crippen LogP) is 1.06. The first kappa shape index (κ1) is 26.1. The van der Waals surface area contributed by atoms with Gasteiger partial charge in [-0.1, -0.05) is 31.2 Å². The second-order valence-electron chi connectivity index (χ2n) is 8.20. The molecule has 0 fully saturated rings. The van der Waals surface area contributed by atoms with Crippen molar-refractivity contribution >= 4 is 34.6 Å². The minimum absolute atomic E-state index is 0. The smallest absolute Gasteiger partial charge is 0.250 e. The number of likely N-dealkylation sites (N-methyl/N-ethyl adjacent to an activating group) is 1. The zero-order chi connectivity index (χ0) is 19.8. The molecule has 1 heterocycles. The number of rotatable bonds is 6. The molecule has 2 N–H and O–H groups in total. The van der Waals surface area contributed by atoms with E-state index in [2.05, 4.69) is 21.1 Å². The molecule has 0 aliphatic heterocycles. The number of halogens is 2. The highest BCUT2D eigenvalue weighted by Crippen LogP contribution is 2.36. The van der Waals surface area contributed by atoms with Crippen molar-refractivity contribution in [1.82, 2.24) is 0 Å². The van der Waals surface area contributed by atoms with Crippen LogP contribution in [-0.2, 0) is 30.5 Å². The Morgan fingerprint density at radius 1 is 1.17 bits per heavy atom. The molecule has 29 heavy (non-hydrogen) atoms. The van der Waals surface area contributed by atoms with E-state index in [9.17, 15) is 9.59 Å². The van der Waals surface area contributed by atoms with Gasteiger partial charge in [0.1, 0.15) is 5.78 Å². The predicted molar refractivity (Wildman–Crippen MR) is 117 cm³/mol. The number of thiophene rings is 1. The van der Waals surface area contributed by atoms with E-state index in [1.807, 2.05) is 12.1 Å². The third-order valence-corrected chi connectivity index (χ3v) is 6.83. The number of nitrogens with zero attached hydrogens (tertiary/aromatic N) is 1. The Morgan fingerprint density at radius 2 is 1.79 bits per heavy atom. The van der Waals surface area contributed by atoms with Crippen LogP contribution in [0.15, 0.2) is 24.3 Å². The molecule has 1 unspecified atom stereocenters. The molecule has 1 aromatic carbocycles. The maximum atomic E-state index is 12.6. The van der Waals surface area contributed by atoms with Crippen LogP contribution in [-0.4, -0.2) is 43.4 Å².